The van der Waals surface area contributed by atoms with Crippen LogP contribution in [-0.2, 0) is 28.7 Å². The number of rotatable bonds is 17. The molecule has 15 heteroatoms. The number of carboxylic acid groups (broad SMARTS) is 1. The van der Waals surface area contributed by atoms with Gasteiger partial charge in [-0.25, -0.2) is 14.4 Å². The molecule has 258 valence electrons. The minimum Gasteiger partial charge on any atom is -0.480 e. The van der Waals surface area contributed by atoms with Crippen LogP contribution in [0.2, 0.25) is 0 Å². The molecule has 15 nitrogen and oxygen atoms in total. The van der Waals surface area contributed by atoms with Gasteiger partial charge in [0, 0.05) is 5.92 Å². The average Bonchev–Trinajstić information content (AvgIpc) is 3.41. The third-order valence-electron chi connectivity index (χ3n) is 7.77. The first-order valence-corrected chi connectivity index (χ1v) is 15.3. The van der Waals surface area contributed by atoms with E-state index in [0.717, 1.165) is 22.3 Å². The van der Waals surface area contributed by atoms with E-state index in [1.54, 1.807) is 13.8 Å². The van der Waals surface area contributed by atoms with Crippen molar-refractivity contribution in [2.75, 3.05) is 32.9 Å². The van der Waals surface area contributed by atoms with E-state index >= 15 is 0 Å². The Hall–Kier alpha value is -5.44. The van der Waals surface area contributed by atoms with Crippen molar-refractivity contribution >= 4 is 35.9 Å². The smallest absolute Gasteiger partial charge is 0.407 e. The van der Waals surface area contributed by atoms with Crippen LogP contribution in [0.15, 0.2) is 61.2 Å². The molecule has 0 aliphatic heterocycles. The average molecular weight is 668 g/mol. The number of carbonyl (C=O) groups excluding carboxylic acids is 5. The van der Waals surface area contributed by atoms with Gasteiger partial charge in [0.25, 0.3) is 0 Å². The second kappa shape index (κ2) is 18.0. The number of benzene rings is 2. The molecule has 0 fully saturated rings. The largest absolute Gasteiger partial charge is 0.480 e. The zero-order valence-electron chi connectivity index (χ0n) is 26.7. The minimum atomic E-state index is -1.56. The summed E-state index contributed by atoms with van der Waals surface area (Å²) in [4.78, 5) is 74.9. The summed E-state index contributed by atoms with van der Waals surface area (Å²) in [6.07, 6.45) is -0.0599. The fourth-order valence-corrected chi connectivity index (χ4v) is 5.03. The number of nitrogens with one attached hydrogen (secondary N) is 5. The molecule has 3 rings (SSSR count). The number of amides is 5. The van der Waals surface area contributed by atoms with Gasteiger partial charge in [-0.05, 0) is 28.2 Å². The van der Waals surface area contributed by atoms with Crippen molar-refractivity contribution in [2.24, 2.45) is 5.92 Å². The van der Waals surface area contributed by atoms with Crippen LogP contribution < -0.4 is 26.6 Å². The Labute approximate surface area is 277 Å². The lowest BCUT2D eigenvalue weighted by Gasteiger charge is -2.26. The van der Waals surface area contributed by atoms with Crippen molar-refractivity contribution in [1.29, 1.82) is 0 Å². The first kappa shape index (κ1) is 37.0. The van der Waals surface area contributed by atoms with Crippen LogP contribution in [0.1, 0.15) is 37.3 Å². The van der Waals surface area contributed by atoms with Gasteiger partial charge in [-0.15, -0.1) is 0 Å². The van der Waals surface area contributed by atoms with Crippen molar-refractivity contribution in [3.63, 3.8) is 0 Å². The summed E-state index contributed by atoms with van der Waals surface area (Å²) in [6, 6.07) is 11.4. The Morgan fingerprint density at radius 3 is 2.04 bits per heavy atom. The maximum absolute atomic E-state index is 13.5. The third kappa shape index (κ3) is 10.0. The number of aliphatic hydroxyl groups excluding tert-OH is 1. The molecule has 0 radical (unpaired) electrons. The number of ether oxygens (including phenoxy) is 2. The van der Waals surface area contributed by atoms with E-state index in [-0.39, 0.29) is 19.1 Å². The summed E-state index contributed by atoms with van der Waals surface area (Å²) in [5.41, 5.74) is 4.03. The molecule has 1 aliphatic rings. The first-order valence-electron chi connectivity index (χ1n) is 15.3. The van der Waals surface area contributed by atoms with Crippen LogP contribution in [0.5, 0.6) is 0 Å². The maximum Gasteiger partial charge on any atom is 0.407 e. The quantitative estimate of drug-likeness (QED) is 0.119. The normalized spacial score (nSPS) is 14.1. The van der Waals surface area contributed by atoms with E-state index in [4.69, 9.17) is 19.7 Å². The minimum absolute atomic E-state index is 0.0397. The number of hydrogen-bond acceptors (Lipinski definition) is 9. The highest BCUT2D eigenvalue weighted by molar-refractivity contribution is 5.94. The molecule has 0 spiro atoms. The number of hydrogen-bond donors (Lipinski definition) is 7. The number of fused-ring (bicyclic) bond motifs is 3. The van der Waals surface area contributed by atoms with Crippen LogP contribution in [-0.4, -0.2) is 97.1 Å². The fraction of sp³-hybridized carbons (Fsp3) is 0.394. The highest BCUT2D eigenvalue weighted by Crippen LogP contribution is 2.44. The highest BCUT2D eigenvalue weighted by atomic mass is 16.6. The zero-order chi connectivity index (χ0) is 35.2. The molecule has 1 aliphatic carbocycles. The zero-order valence-corrected chi connectivity index (χ0v) is 26.7. The van der Waals surface area contributed by atoms with Gasteiger partial charge >= 0.3 is 18.2 Å². The molecule has 0 unspecified atom stereocenters. The molecule has 0 saturated carbocycles. The lowest BCUT2D eigenvalue weighted by molar-refractivity contribution is -0.142. The van der Waals surface area contributed by atoms with Gasteiger partial charge in [-0.1, -0.05) is 81.5 Å². The van der Waals surface area contributed by atoms with E-state index in [2.05, 4.69) is 33.2 Å². The standard InChI is InChI=1S/C33H41N5O10/c1-4-14-47-32(45)35-15-25(29(41)38-28(19(3)5-2)30(42)34-16-27(40)36-26(17-39)31(43)44)37-33(46)48-18-24-22-12-8-6-10-20(22)21-11-7-9-13-23(21)24/h4,6-13,19,24-26,28,39H,1,5,14-18H2,2-3H3,(H,34,42)(H,35,45)(H,36,40)(H,37,46)(H,38,41)(H,43,44)/t19-,25-,26-,28-/m0/s1. The first-order chi connectivity index (χ1) is 23.0. The van der Waals surface area contributed by atoms with Gasteiger partial charge in [0.2, 0.25) is 17.7 Å². The van der Waals surface area contributed by atoms with Crippen LogP contribution in [0.4, 0.5) is 9.59 Å². The van der Waals surface area contributed by atoms with E-state index in [9.17, 15) is 28.8 Å². The van der Waals surface area contributed by atoms with Crippen LogP contribution in [0.3, 0.4) is 0 Å². The van der Waals surface area contributed by atoms with Crippen molar-refractivity contribution in [2.45, 2.75) is 44.3 Å². The van der Waals surface area contributed by atoms with E-state index in [1.165, 1.54) is 6.08 Å². The van der Waals surface area contributed by atoms with Crippen molar-refractivity contribution in [3.05, 3.63) is 72.3 Å². The van der Waals surface area contributed by atoms with Gasteiger partial charge in [0.05, 0.1) is 19.7 Å². The van der Waals surface area contributed by atoms with Crippen LogP contribution in [0.25, 0.3) is 11.1 Å². The molecule has 2 aromatic rings. The number of carboxylic acids is 1. The lowest BCUT2D eigenvalue weighted by atomic mass is 9.98. The third-order valence-corrected chi connectivity index (χ3v) is 7.77. The second-order valence-electron chi connectivity index (χ2n) is 11.0. The highest BCUT2D eigenvalue weighted by Gasteiger charge is 2.32. The molecule has 7 N–H and O–H groups in total. The number of aliphatic carboxylic acids is 1. The summed E-state index contributed by atoms with van der Waals surface area (Å²) in [6.45, 7) is 4.85. The summed E-state index contributed by atoms with van der Waals surface area (Å²) in [7, 11) is 0. The molecule has 2 aromatic carbocycles. The summed E-state index contributed by atoms with van der Waals surface area (Å²) < 4.78 is 10.5. The van der Waals surface area contributed by atoms with Crippen LogP contribution >= 0.6 is 0 Å². The monoisotopic (exact) mass is 667 g/mol. The van der Waals surface area contributed by atoms with Gasteiger partial charge in [0.15, 0.2) is 0 Å². The fourth-order valence-electron chi connectivity index (χ4n) is 5.03. The second-order valence-corrected chi connectivity index (χ2v) is 11.0. The summed E-state index contributed by atoms with van der Waals surface area (Å²) >= 11 is 0. The van der Waals surface area contributed by atoms with Gasteiger partial charge in [0.1, 0.15) is 31.3 Å². The molecule has 5 amide bonds. The number of aliphatic hydroxyl groups is 1. The van der Waals surface area contributed by atoms with E-state index in [0.29, 0.717) is 6.42 Å². The number of carbonyl (C=O) groups is 6. The summed E-state index contributed by atoms with van der Waals surface area (Å²) in [5, 5.41) is 29.9. The SMILES string of the molecule is C=CCOC(=O)NC[C@H](NC(=O)OCC1c2ccccc2-c2ccccc21)C(=O)N[C@H](C(=O)NCC(=O)N[C@@H](CO)C(=O)O)[C@@H](C)CC. The predicted octanol–water partition coefficient (Wildman–Crippen LogP) is 1.01. The Balaban J connectivity index is 1.69. The molecule has 0 heterocycles. The summed E-state index contributed by atoms with van der Waals surface area (Å²) in [5.74, 6) is -4.65. The van der Waals surface area contributed by atoms with Crippen molar-refractivity contribution in [3.8, 4) is 11.1 Å². The molecule has 0 bridgehead atoms. The van der Waals surface area contributed by atoms with Crippen molar-refractivity contribution < 1.29 is 48.5 Å². The van der Waals surface area contributed by atoms with E-state index < -0.39 is 79.6 Å². The Kier molecular flexibility index (Phi) is 13.9. The van der Waals surface area contributed by atoms with Gasteiger partial charge < -0.3 is 46.3 Å². The molecule has 48 heavy (non-hydrogen) atoms. The number of alkyl carbamates (subject to hydrolysis) is 2. The van der Waals surface area contributed by atoms with Gasteiger partial charge in [-0.2, -0.15) is 0 Å². The molecular formula is C33H41N5O10. The Bertz CT molecular complexity index is 1450. The molecule has 0 saturated heterocycles. The molecule has 4 atom stereocenters. The Morgan fingerprint density at radius 2 is 1.48 bits per heavy atom. The molecular weight excluding hydrogens is 626 g/mol. The Morgan fingerprint density at radius 1 is 0.854 bits per heavy atom. The lowest BCUT2D eigenvalue weighted by Crippen LogP contribution is -2.59. The van der Waals surface area contributed by atoms with Gasteiger partial charge in [-0.3, -0.25) is 14.4 Å². The maximum atomic E-state index is 13.5. The van der Waals surface area contributed by atoms with Crippen LogP contribution in [0, 0.1) is 5.92 Å². The van der Waals surface area contributed by atoms with E-state index in [1.807, 2.05) is 48.5 Å². The molecule has 0 aromatic heterocycles. The predicted molar refractivity (Wildman–Crippen MR) is 173 cm³/mol. The topological polar surface area (TPSA) is 221 Å². The van der Waals surface area contributed by atoms with Crippen molar-refractivity contribution in [1.82, 2.24) is 26.6 Å².